The minimum atomic E-state index is -0.931. The molecule has 0 atom stereocenters. The predicted molar refractivity (Wildman–Crippen MR) is 131 cm³/mol. The maximum Gasteiger partial charge on any atom is 0.259 e. The number of hydrogen-bond donors (Lipinski definition) is 1. The number of ether oxygens (including phenoxy) is 1. The number of anilines is 2. The van der Waals surface area contributed by atoms with Gasteiger partial charge in [0, 0.05) is 18.8 Å². The second-order valence-electron chi connectivity index (χ2n) is 9.23. The normalized spacial score (nSPS) is 19.7. The van der Waals surface area contributed by atoms with Crippen LogP contribution in [0.1, 0.15) is 65.2 Å². The van der Waals surface area contributed by atoms with E-state index < -0.39 is 17.3 Å². The summed E-state index contributed by atoms with van der Waals surface area (Å²) in [6, 6.07) is 6.75. The number of nitriles is 1. The van der Waals surface area contributed by atoms with E-state index in [9.17, 15) is 14.9 Å². The summed E-state index contributed by atoms with van der Waals surface area (Å²) < 4.78 is 21.3. The molecule has 1 saturated carbocycles. The van der Waals surface area contributed by atoms with E-state index in [0.717, 1.165) is 6.42 Å². The molecule has 1 spiro atoms. The Morgan fingerprint density at radius 1 is 1.34 bits per heavy atom. The highest BCUT2D eigenvalue weighted by molar-refractivity contribution is 7.81. The van der Waals surface area contributed by atoms with Crippen LogP contribution in [0.3, 0.4) is 0 Å². The zero-order valence-electron chi connectivity index (χ0n) is 19.2. The number of amides is 2. The van der Waals surface area contributed by atoms with E-state index in [1.165, 1.54) is 17.2 Å². The number of hydrogen-bond acceptors (Lipinski definition) is 6. The minimum absolute atomic E-state index is 0.182. The number of benzene rings is 1. The number of halogens is 1. The van der Waals surface area contributed by atoms with Crippen molar-refractivity contribution in [2.75, 3.05) is 23.0 Å². The van der Waals surface area contributed by atoms with Gasteiger partial charge in [-0.1, -0.05) is 0 Å². The average molecular weight is 494 g/mol. The first-order chi connectivity index (χ1) is 16.8. The van der Waals surface area contributed by atoms with Gasteiger partial charge in [0.25, 0.3) is 11.8 Å². The highest BCUT2D eigenvalue weighted by Crippen LogP contribution is 2.50. The number of carbonyl (C=O) groups excluding carboxylic acids is 2. The van der Waals surface area contributed by atoms with E-state index in [2.05, 4.69) is 4.98 Å². The van der Waals surface area contributed by atoms with Crippen LogP contribution in [0.15, 0.2) is 24.4 Å². The van der Waals surface area contributed by atoms with Gasteiger partial charge >= 0.3 is 0 Å². The van der Waals surface area contributed by atoms with Crippen molar-refractivity contribution in [2.45, 2.75) is 50.5 Å². The molecule has 2 saturated heterocycles. The lowest BCUT2D eigenvalue weighted by Crippen LogP contribution is -2.55. The van der Waals surface area contributed by atoms with Crippen molar-refractivity contribution in [3.63, 3.8) is 0 Å². The Morgan fingerprint density at radius 2 is 2.06 bits per heavy atom. The Morgan fingerprint density at radius 3 is 2.63 bits per heavy atom. The molecule has 10 heteroatoms. The molecule has 1 aliphatic carbocycles. The fourth-order valence-electron chi connectivity index (χ4n) is 5.33. The summed E-state index contributed by atoms with van der Waals surface area (Å²) in [5, 5.41) is 9.46. The quantitative estimate of drug-likeness (QED) is 0.649. The summed E-state index contributed by atoms with van der Waals surface area (Å²) in [7, 11) is 0. The van der Waals surface area contributed by atoms with Crippen LogP contribution in [-0.4, -0.2) is 40.7 Å². The van der Waals surface area contributed by atoms with Gasteiger partial charge < -0.3 is 15.4 Å². The zero-order chi connectivity index (χ0) is 24.9. The number of carbonyl (C=O) groups is 2. The molecule has 35 heavy (non-hydrogen) atoms. The Bertz CT molecular complexity index is 1300. The summed E-state index contributed by atoms with van der Waals surface area (Å²) in [5.41, 5.74) is 6.54. The second kappa shape index (κ2) is 8.66. The number of pyridine rings is 1. The van der Waals surface area contributed by atoms with Crippen molar-refractivity contribution in [2.24, 2.45) is 5.73 Å². The molecular weight excluding hydrogens is 469 g/mol. The number of primary amides is 1. The molecule has 1 aromatic carbocycles. The van der Waals surface area contributed by atoms with Crippen molar-refractivity contribution >= 4 is 40.5 Å². The summed E-state index contributed by atoms with van der Waals surface area (Å²) >= 11 is 5.84. The Labute approximate surface area is 207 Å². The van der Waals surface area contributed by atoms with Crippen LogP contribution >= 0.6 is 12.2 Å². The van der Waals surface area contributed by atoms with E-state index >= 15 is 4.39 Å². The van der Waals surface area contributed by atoms with E-state index in [1.54, 1.807) is 24.0 Å². The van der Waals surface area contributed by atoms with E-state index in [1.807, 2.05) is 6.07 Å². The molecule has 0 unspecified atom stereocenters. The topological polar surface area (TPSA) is 113 Å². The third kappa shape index (κ3) is 3.49. The fraction of sp³-hybridized carbons (Fsp3) is 0.400. The van der Waals surface area contributed by atoms with Crippen molar-refractivity contribution in [3.05, 3.63) is 52.6 Å². The largest absolute Gasteiger partial charge is 0.381 e. The molecule has 3 fully saturated rings. The number of rotatable bonds is 4. The first-order valence-corrected chi connectivity index (χ1v) is 12.0. The van der Waals surface area contributed by atoms with Gasteiger partial charge in [-0.05, 0) is 80.9 Å². The average Bonchev–Trinajstić information content (AvgIpc) is 3.05. The minimum Gasteiger partial charge on any atom is -0.381 e. The molecule has 180 valence electrons. The van der Waals surface area contributed by atoms with Gasteiger partial charge in [0.15, 0.2) is 5.11 Å². The van der Waals surface area contributed by atoms with E-state index in [4.69, 9.17) is 22.7 Å². The van der Waals surface area contributed by atoms with Gasteiger partial charge in [-0.3, -0.25) is 14.5 Å². The molecule has 3 aliphatic rings. The van der Waals surface area contributed by atoms with Gasteiger partial charge in [-0.25, -0.2) is 9.37 Å². The van der Waals surface area contributed by atoms with Crippen LogP contribution in [-0.2, 0) is 9.53 Å². The Balaban J connectivity index is 1.66. The fourth-order valence-corrected chi connectivity index (χ4v) is 5.79. The standard InChI is InChI=1S/C25H24FN5O3S/c1-14-11-16(13-29-18(14)12-27)30-23(33)25(7-2-8-25)31(24(30)35)19-4-3-17(22(28)32)21(26)20(19)15-5-9-34-10-6-15/h3-4,11,13,15H,2,5-10H2,1H3,(H2,28,32). The number of aryl methyl sites for hydroxylation is 1. The Hall–Kier alpha value is -3.42. The molecule has 0 radical (unpaired) electrons. The van der Waals surface area contributed by atoms with Gasteiger partial charge in [-0.15, -0.1) is 0 Å². The number of nitrogens with two attached hydrogens (primary N) is 1. The molecule has 2 N–H and O–H groups in total. The second-order valence-corrected chi connectivity index (χ2v) is 9.59. The lowest BCUT2D eigenvalue weighted by atomic mass is 9.74. The molecule has 8 nitrogen and oxygen atoms in total. The van der Waals surface area contributed by atoms with Crippen molar-refractivity contribution < 1.29 is 18.7 Å². The molecule has 2 aromatic rings. The first kappa shape index (κ1) is 23.3. The van der Waals surface area contributed by atoms with Gasteiger partial charge in [0.2, 0.25) is 0 Å². The van der Waals surface area contributed by atoms with Gasteiger partial charge in [-0.2, -0.15) is 5.26 Å². The van der Waals surface area contributed by atoms with E-state index in [-0.39, 0.29) is 28.2 Å². The monoisotopic (exact) mass is 493 g/mol. The SMILES string of the molecule is Cc1cc(N2C(=O)C3(CCC3)N(c3ccc(C(N)=O)c(F)c3C3CCOCC3)C2=S)cnc1C#N. The third-order valence-corrected chi connectivity index (χ3v) is 7.68. The molecule has 2 amide bonds. The van der Waals surface area contributed by atoms with Crippen LogP contribution in [0.5, 0.6) is 0 Å². The third-order valence-electron chi connectivity index (χ3n) is 7.31. The highest BCUT2D eigenvalue weighted by Gasteiger charge is 2.60. The molecule has 5 rings (SSSR count). The van der Waals surface area contributed by atoms with Gasteiger partial charge in [0.05, 0.1) is 23.1 Å². The lowest BCUT2D eigenvalue weighted by molar-refractivity contribution is -0.123. The van der Waals surface area contributed by atoms with Crippen LogP contribution in [0.25, 0.3) is 0 Å². The molecule has 2 aliphatic heterocycles. The Kier molecular flexibility index (Phi) is 5.77. The molecule has 0 bridgehead atoms. The summed E-state index contributed by atoms with van der Waals surface area (Å²) in [6.45, 7) is 2.69. The summed E-state index contributed by atoms with van der Waals surface area (Å²) in [4.78, 5) is 33.2. The molecule has 1 aromatic heterocycles. The maximum absolute atomic E-state index is 15.8. The molecule has 3 heterocycles. The van der Waals surface area contributed by atoms with Crippen molar-refractivity contribution in [1.82, 2.24) is 4.98 Å². The lowest BCUT2D eigenvalue weighted by Gasteiger charge is -2.44. The first-order valence-electron chi connectivity index (χ1n) is 11.6. The van der Waals surface area contributed by atoms with E-state index in [0.29, 0.717) is 61.4 Å². The molecular formula is C25H24FN5O3S. The maximum atomic E-state index is 15.8. The smallest absolute Gasteiger partial charge is 0.259 e. The summed E-state index contributed by atoms with van der Waals surface area (Å²) in [6.07, 6.45) is 4.58. The van der Waals surface area contributed by atoms with Crippen LogP contribution in [0, 0.1) is 24.1 Å². The highest BCUT2D eigenvalue weighted by atomic mass is 32.1. The van der Waals surface area contributed by atoms with Crippen LogP contribution < -0.4 is 15.5 Å². The van der Waals surface area contributed by atoms with Crippen LogP contribution in [0.4, 0.5) is 15.8 Å². The van der Waals surface area contributed by atoms with Crippen molar-refractivity contribution in [3.8, 4) is 6.07 Å². The van der Waals surface area contributed by atoms with Crippen molar-refractivity contribution in [1.29, 1.82) is 5.26 Å². The van der Waals surface area contributed by atoms with Crippen LogP contribution in [0.2, 0.25) is 0 Å². The number of thiocarbonyl (C=S) groups is 1. The summed E-state index contributed by atoms with van der Waals surface area (Å²) in [5.74, 6) is -1.92. The predicted octanol–water partition coefficient (Wildman–Crippen LogP) is 3.45. The number of aromatic nitrogens is 1. The number of nitrogens with zero attached hydrogens (tertiary/aromatic N) is 4. The zero-order valence-corrected chi connectivity index (χ0v) is 20.0. The van der Waals surface area contributed by atoms with Gasteiger partial charge in [0.1, 0.15) is 23.1 Å².